The van der Waals surface area contributed by atoms with Gasteiger partial charge in [0, 0.05) is 5.57 Å². The molecule has 0 aromatic heterocycles. The first-order valence-corrected chi connectivity index (χ1v) is 8.63. The van der Waals surface area contributed by atoms with Crippen LogP contribution in [0.2, 0.25) is 0 Å². The van der Waals surface area contributed by atoms with Crippen LogP contribution >= 0.6 is 0 Å². The summed E-state index contributed by atoms with van der Waals surface area (Å²) in [4.78, 5) is 12.4. The van der Waals surface area contributed by atoms with Crippen LogP contribution in [0.5, 0.6) is 0 Å². The molecule has 3 aliphatic rings. The summed E-state index contributed by atoms with van der Waals surface area (Å²) in [7, 11) is 0. The maximum atomic E-state index is 12.4. The molecule has 1 spiro atoms. The maximum absolute atomic E-state index is 12.4. The Labute approximate surface area is 129 Å². The van der Waals surface area contributed by atoms with Crippen molar-refractivity contribution in [1.29, 1.82) is 0 Å². The minimum Gasteiger partial charge on any atom is -0.343 e. The first kappa shape index (κ1) is 16.1. The predicted molar refractivity (Wildman–Crippen MR) is 89.1 cm³/mol. The molecule has 2 nitrogen and oxygen atoms in total. The summed E-state index contributed by atoms with van der Waals surface area (Å²) in [5.41, 5.74) is 3.53. The third-order valence-corrected chi connectivity index (χ3v) is 4.95. The van der Waals surface area contributed by atoms with Gasteiger partial charge in [-0.1, -0.05) is 51.3 Å². The molecule has 3 rings (SSSR count). The van der Waals surface area contributed by atoms with Gasteiger partial charge in [-0.05, 0) is 50.2 Å². The number of hydrogen-bond donors (Lipinski definition) is 1. The molecule has 0 aromatic rings. The first-order valence-electron chi connectivity index (χ1n) is 8.63. The monoisotopic (exact) mass is 287 g/mol. The van der Waals surface area contributed by atoms with E-state index in [1.165, 1.54) is 30.4 Å². The van der Waals surface area contributed by atoms with Gasteiger partial charge in [0.1, 0.15) is 0 Å². The molecule has 1 heterocycles. The highest BCUT2D eigenvalue weighted by Gasteiger charge is 2.43. The lowest BCUT2D eigenvalue weighted by molar-refractivity contribution is -0.117. The third kappa shape index (κ3) is 3.14. The van der Waals surface area contributed by atoms with Crippen molar-refractivity contribution in [2.75, 3.05) is 0 Å². The van der Waals surface area contributed by atoms with Crippen molar-refractivity contribution in [3.63, 3.8) is 0 Å². The third-order valence-electron chi connectivity index (χ3n) is 4.95. The normalized spacial score (nSPS) is 24.1. The van der Waals surface area contributed by atoms with E-state index in [0.717, 1.165) is 37.7 Å². The number of allylic oxidation sites excluding steroid dienone is 3. The number of carbonyl (C=O) groups excluding carboxylic acids is 1. The van der Waals surface area contributed by atoms with Gasteiger partial charge in [-0.3, -0.25) is 4.79 Å². The Morgan fingerprint density at radius 3 is 2.52 bits per heavy atom. The Kier molecular flexibility index (Phi) is 5.44. The average Bonchev–Trinajstić information content (AvgIpc) is 2.72. The molecule has 21 heavy (non-hydrogen) atoms. The van der Waals surface area contributed by atoms with Crippen LogP contribution < -0.4 is 5.32 Å². The summed E-state index contributed by atoms with van der Waals surface area (Å²) in [6.07, 6.45) is 15.8. The molecule has 2 aliphatic carbocycles. The van der Waals surface area contributed by atoms with Gasteiger partial charge in [-0.25, -0.2) is 0 Å². The van der Waals surface area contributed by atoms with Crippen molar-refractivity contribution in [1.82, 2.24) is 5.32 Å². The molecule has 1 amide bonds. The van der Waals surface area contributed by atoms with Crippen molar-refractivity contribution >= 4 is 5.91 Å². The molecular formula is C19H29NO. The van der Waals surface area contributed by atoms with Gasteiger partial charge < -0.3 is 5.32 Å². The van der Waals surface area contributed by atoms with E-state index in [2.05, 4.69) is 30.5 Å². The molecule has 1 aliphatic heterocycles. The van der Waals surface area contributed by atoms with E-state index < -0.39 is 0 Å². The highest BCUT2D eigenvalue weighted by molar-refractivity contribution is 6.02. The molecule has 0 saturated heterocycles. The Balaban J connectivity index is 0.000000774. The van der Waals surface area contributed by atoms with E-state index in [9.17, 15) is 4.79 Å². The Hall–Kier alpha value is -1.31. The highest BCUT2D eigenvalue weighted by atomic mass is 16.2. The van der Waals surface area contributed by atoms with Gasteiger partial charge in [0.05, 0.1) is 5.54 Å². The minimum atomic E-state index is -0.0124. The predicted octanol–water partition coefficient (Wildman–Crippen LogP) is 4.83. The van der Waals surface area contributed by atoms with Crippen LogP contribution in [0.25, 0.3) is 0 Å². The number of nitrogens with one attached hydrogen (secondary N) is 1. The van der Waals surface area contributed by atoms with E-state index in [4.69, 9.17) is 0 Å². The van der Waals surface area contributed by atoms with Gasteiger partial charge in [-0.15, -0.1) is 0 Å². The quantitative estimate of drug-likeness (QED) is 0.735. The number of rotatable bonds is 1. The molecule has 1 N–H and O–H groups in total. The van der Waals surface area contributed by atoms with Crippen molar-refractivity contribution in [2.24, 2.45) is 0 Å². The topological polar surface area (TPSA) is 29.1 Å². The second kappa shape index (κ2) is 7.11. The van der Waals surface area contributed by atoms with Crippen molar-refractivity contribution < 1.29 is 4.79 Å². The SMILES string of the molecule is CC.CC1=C(C2=CC=CCCC2)C(=O)NC12CCCCC2. The average molecular weight is 287 g/mol. The first-order chi connectivity index (χ1) is 10.2. The zero-order valence-electron chi connectivity index (χ0n) is 13.8. The smallest absolute Gasteiger partial charge is 0.252 e. The van der Waals surface area contributed by atoms with Crippen LogP contribution in [0.15, 0.2) is 34.9 Å². The van der Waals surface area contributed by atoms with Crippen LogP contribution in [0.3, 0.4) is 0 Å². The molecule has 1 fully saturated rings. The molecule has 0 aromatic carbocycles. The van der Waals surface area contributed by atoms with E-state index >= 15 is 0 Å². The van der Waals surface area contributed by atoms with E-state index in [0.29, 0.717) is 0 Å². The van der Waals surface area contributed by atoms with Gasteiger partial charge in [0.25, 0.3) is 5.91 Å². The Morgan fingerprint density at radius 2 is 1.81 bits per heavy atom. The van der Waals surface area contributed by atoms with Crippen LogP contribution in [0.1, 0.15) is 72.1 Å². The largest absolute Gasteiger partial charge is 0.343 e. The second-order valence-electron chi connectivity index (χ2n) is 6.11. The molecule has 0 bridgehead atoms. The fourth-order valence-electron chi connectivity index (χ4n) is 3.81. The summed E-state index contributed by atoms with van der Waals surface area (Å²) in [5, 5.41) is 3.31. The fraction of sp³-hybridized carbons (Fsp3) is 0.632. The molecule has 0 atom stereocenters. The maximum Gasteiger partial charge on any atom is 0.252 e. The van der Waals surface area contributed by atoms with Crippen LogP contribution in [0, 0.1) is 0 Å². The zero-order valence-corrected chi connectivity index (χ0v) is 13.8. The van der Waals surface area contributed by atoms with Crippen LogP contribution in [-0.2, 0) is 4.79 Å². The minimum absolute atomic E-state index is 0.0124. The van der Waals surface area contributed by atoms with Gasteiger partial charge in [0.15, 0.2) is 0 Å². The molecule has 116 valence electrons. The summed E-state index contributed by atoms with van der Waals surface area (Å²) < 4.78 is 0. The molecule has 2 heteroatoms. The number of amides is 1. The van der Waals surface area contributed by atoms with Crippen LogP contribution in [0.4, 0.5) is 0 Å². The van der Waals surface area contributed by atoms with Crippen molar-refractivity contribution in [3.8, 4) is 0 Å². The van der Waals surface area contributed by atoms with E-state index in [1.54, 1.807) is 0 Å². The Bertz CT molecular complexity index is 476. The lowest BCUT2D eigenvalue weighted by Crippen LogP contribution is -2.45. The highest BCUT2D eigenvalue weighted by Crippen LogP contribution is 2.42. The van der Waals surface area contributed by atoms with E-state index in [1.807, 2.05) is 13.8 Å². The van der Waals surface area contributed by atoms with Crippen LogP contribution in [-0.4, -0.2) is 11.4 Å². The van der Waals surface area contributed by atoms with Crippen molar-refractivity contribution in [3.05, 3.63) is 34.9 Å². The molecule has 0 unspecified atom stereocenters. The molecular weight excluding hydrogens is 258 g/mol. The summed E-state index contributed by atoms with van der Waals surface area (Å²) in [6.45, 7) is 6.17. The van der Waals surface area contributed by atoms with Gasteiger partial charge in [-0.2, -0.15) is 0 Å². The number of carbonyl (C=O) groups is 1. The van der Waals surface area contributed by atoms with Gasteiger partial charge in [0.2, 0.25) is 0 Å². The number of hydrogen-bond acceptors (Lipinski definition) is 1. The van der Waals surface area contributed by atoms with Crippen molar-refractivity contribution in [2.45, 2.75) is 77.7 Å². The fourth-order valence-corrected chi connectivity index (χ4v) is 3.81. The van der Waals surface area contributed by atoms with Gasteiger partial charge >= 0.3 is 0 Å². The van der Waals surface area contributed by atoms with E-state index in [-0.39, 0.29) is 11.4 Å². The lowest BCUT2D eigenvalue weighted by Gasteiger charge is -2.35. The lowest BCUT2D eigenvalue weighted by atomic mass is 9.77. The molecule has 0 radical (unpaired) electrons. The zero-order chi connectivity index (χ0) is 15.3. The Morgan fingerprint density at radius 1 is 1.10 bits per heavy atom. The summed E-state index contributed by atoms with van der Waals surface area (Å²) in [5.74, 6) is 0.168. The molecule has 1 saturated carbocycles. The standard InChI is InChI=1S/C17H23NO.C2H6/c1-13-15(14-9-5-2-3-6-10-14)16(19)18-17(13)11-7-4-8-12-17;1-2/h2,5,9H,3-4,6-8,10-12H2,1H3,(H,18,19);1-2H3. The summed E-state index contributed by atoms with van der Waals surface area (Å²) >= 11 is 0. The summed E-state index contributed by atoms with van der Waals surface area (Å²) in [6, 6.07) is 0. The second-order valence-corrected chi connectivity index (χ2v) is 6.11.